The summed E-state index contributed by atoms with van der Waals surface area (Å²) in [4.78, 5) is 47.0. The minimum absolute atomic E-state index is 0.160. The molecule has 5 aromatic carbocycles. The lowest BCUT2D eigenvalue weighted by Gasteiger charge is -2.29. The zero-order valence-corrected chi connectivity index (χ0v) is 22.1. The van der Waals surface area contributed by atoms with Crippen LogP contribution in [0.15, 0.2) is 109 Å². The van der Waals surface area contributed by atoms with Gasteiger partial charge in [-0.25, -0.2) is 4.90 Å². The van der Waals surface area contributed by atoms with Crippen molar-refractivity contribution in [1.29, 1.82) is 0 Å². The highest BCUT2D eigenvalue weighted by atomic mass is 16.7. The summed E-state index contributed by atoms with van der Waals surface area (Å²) in [5.41, 5.74) is 8.61. The summed E-state index contributed by atoms with van der Waals surface area (Å²) in [6, 6.07) is 34.5. The van der Waals surface area contributed by atoms with Crippen LogP contribution in [0.1, 0.15) is 22.7 Å². The van der Waals surface area contributed by atoms with E-state index in [9.17, 15) is 14.4 Å². The van der Waals surface area contributed by atoms with Crippen LogP contribution < -0.4 is 10.6 Å². The molecule has 7 heteroatoms. The number of benzene rings is 5. The third-order valence-corrected chi connectivity index (χ3v) is 8.06. The van der Waals surface area contributed by atoms with Crippen LogP contribution in [0.4, 0.5) is 5.69 Å². The van der Waals surface area contributed by atoms with Crippen LogP contribution in [0.25, 0.3) is 21.5 Å². The molecule has 3 atom stereocenters. The molecule has 0 saturated carbocycles. The molecule has 2 N–H and O–H groups in total. The molecule has 0 bridgehead atoms. The molecule has 3 unspecified atom stereocenters. The number of imide groups is 1. The first-order valence-corrected chi connectivity index (χ1v) is 13.6. The molecular formula is C34H27N3O4. The van der Waals surface area contributed by atoms with Gasteiger partial charge in [-0.05, 0) is 56.4 Å². The largest absolute Gasteiger partial charge is 0.369 e. The molecule has 2 aliphatic heterocycles. The number of hydroxylamine groups is 2. The summed E-state index contributed by atoms with van der Waals surface area (Å²) in [5, 5.41) is 5.93. The SMILES string of the molecule is NC(=O)Cc1ccc(CN2OC3C(=O)N(c4ccccc4)C(=O)C3C2c2c3ccccc3cc3ccccc23)cc1. The number of hydrogen-bond donors (Lipinski definition) is 1. The van der Waals surface area contributed by atoms with Crippen molar-refractivity contribution in [1.82, 2.24) is 5.06 Å². The number of amides is 3. The van der Waals surface area contributed by atoms with Crippen LogP contribution in [-0.2, 0) is 32.2 Å². The summed E-state index contributed by atoms with van der Waals surface area (Å²) in [6.07, 6.45) is -0.785. The second-order valence-corrected chi connectivity index (χ2v) is 10.6. The Labute approximate surface area is 236 Å². The molecular weight excluding hydrogens is 514 g/mol. The van der Waals surface area contributed by atoms with Gasteiger partial charge in [0, 0.05) is 6.54 Å². The first-order valence-electron chi connectivity index (χ1n) is 13.6. The van der Waals surface area contributed by atoms with E-state index in [2.05, 4.69) is 30.3 Å². The number of carbonyl (C=O) groups is 3. The molecule has 3 amide bonds. The number of primary amides is 1. The first-order chi connectivity index (χ1) is 20.0. The molecule has 0 aliphatic carbocycles. The molecule has 0 aromatic heterocycles. The van der Waals surface area contributed by atoms with Gasteiger partial charge in [0.25, 0.3) is 5.91 Å². The Balaban J connectivity index is 1.37. The molecule has 0 spiro atoms. The van der Waals surface area contributed by atoms with E-state index in [1.54, 1.807) is 17.2 Å². The van der Waals surface area contributed by atoms with Crippen molar-refractivity contribution < 1.29 is 19.2 Å². The lowest BCUT2D eigenvalue weighted by atomic mass is 9.84. The van der Waals surface area contributed by atoms with Gasteiger partial charge < -0.3 is 5.73 Å². The number of carbonyl (C=O) groups excluding carboxylic acids is 3. The van der Waals surface area contributed by atoms with Crippen LogP contribution in [-0.4, -0.2) is 28.9 Å². The summed E-state index contributed by atoms with van der Waals surface area (Å²) in [6.45, 7) is 0.345. The van der Waals surface area contributed by atoms with Crippen molar-refractivity contribution in [3.05, 3.63) is 126 Å². The topological polar surface area (TPSA) is 92.9 Å². The van der Waals surface area contributed by atoms with Crippen molar-refractivity contribution in [2.24, 2.45) is 11.7 Å². The average Bonchev–Trinajstić information content (AvgIpc) is 3.46. The molecule has 2 heterocycles. The van der Waals surface area contributed by atoms with Crippen molar-refractivity contribution >= 4 is 45.0 Å². The predicted octanol–water partition coefficient (Wildman–Crippen LogP) is 5.07. The van der Waals surface area contributed by atoms with E-state index in [0.717, 1.165) is 38.2 Å². The fraction of sp³-hybridized carbons (Fsp3) is 0.147. The Morgan fingerprint density at radius 1 is 0.732 bits per heavy atom. The van der Waals surface area contributed by atoms with Gasteiger partial charge >= 0.3 is 0 Å². The van der Waals surface area contributed by atoms with Gasteiger partial charge in [0.05, 0.1) is 24.1 Å². The fourth-order valence-corrected chi connectivity index (χ4v) is 6.27. The maximum absolute atomic E-state index is 14.2. The van der Waals surface area contributed by atoms with E-state index in [4.69, 9.17) is 10.6 Å². The monoisotopic (exact) mass is 541 g/mol. The van der Waals surface area contributed by atoms with Gasteiger partial charge in [-0.2, -0.15) is 5.06 Å². The Hall–Kier alpha value is -4.85. The molecule has 0 radical (unpaired) electrons. The summed E-state index contributed by atoms with van der Waals surface area (Å²) in [5.74, 6) is -1.75. The van der Waals surface area contributed by atoms with E-state index >= 15 is 0 Å². The lowest BCUT2D eigenvalue weighted by molar-refractivity contribution is -0.177. The fourth-order valence-electron chi connectivity index (χ4n) is 6.27. The van der Waals surface area contributed by atoms with Crippen molar-refractivity contribution in [3.63, 3.8) is 0 Å². The van der Waals surface area contributed by atoms with Crippen LogP contribution >= 0.6 is 0 Å². The highest BCUT2D eigenvalue weighted by molar-refractivity contribution is 6.24. The highest BCUT2D eigenvalue weighted by Crippen LogP contribution is 2.49. The molecule has 5 aromatic rings. The molecule has 41 heavy (non-hydrogen) atoms. The zero-order chi connectivity index (χ0) is 28.1. The number of nitrogens with two attached hydrogens (primary N) is 1. The van der Waals surface area contributed by atoms with Crippen molar-refractivity contribution in [2.45, 2.75) is 25.1 Å². The van der Waals surface area contributed by atoms with E-state index in [-0.39, 0.29) is 18.2 Å². The van der Waals surface area contributed by atoms with Gasteiger partial charge in [-0.15, -0.1) is 0 Å². The van der Waals surface area contributed by atoms with Gasteiger partial charge in [0.1, 0.15) is 0 Å². The zero-order valence-electron chi connectivity index (χ0n) is 22.1. The van der Waals surface area contributed by atoms with E-state index in [1.165, 1.54) is 4.90 Å². The smallest absolute Gasteiger partial charge is 0.265 e. The van der Waals surface area contributed by atoms with Gasteiger partial charge in [0.15, 0.2) is 6.10 Å². The molecule has 7 nitrogen and oxygen atoms in total. The average molecular weight is 542 g/mol. The maximum atomic E-state index is 14.2. The molecule has 202 valence electrons. The second kappa shape index (κ2) is 9.96. The Morgan fingerprint density at radius 3 is 1.95 bits per heavy atom. The molecule has 2 aliphatic rings. The summed E-state index contributed by atoms with van der Waals surface area (Å²) < 4.78 is 0. The Bertz CT molecular complexity index is 1770. The maximum Gasteiger partial charge on any atom is 0.265 e. The van der Waals surface area contributed by atoms with Gasteiger partial charge in [0.2, 0.25) is 11.8 Å². The highest BCUT2D eigenvalue weighted by Gasteiger charge is 2.60. The third-order valence-electron chi connectivity index (χ3n) is 8.06. The third kappa shape index (κ3) is 4.27. The minimum atomic E-state index is -0.945. The normalized spacial score (nSPS) is 20.7. The van der Waals surface area contributed by atoms with Crippen LogP contribution in [0.5, 0.6) is 0 Å². The van der Waals surface area contributed by atoms with Crippen LogP contribution in [0.3, 0.4) is 0 Å². The summed E-state index contributed by atoms with van der Waals surface area (Å²) >= 11 is 0. The number of fused-ring (bicyclic) bond motifs is 3. The molecule has 2 saturated heterocycles. The standard InChI is InChI=1S/C34H27N3O4/c35-28(38)18-21-14-16-22(17-15-21)20-36-31(29-26-12-6-4-8-23(26)19-24-9-5-7-13-27(24)29)30-32(41-36)34(40)37(33(30)39)25-10-2-1-3-11-25/h1-17,19,30-32H,18,20H2,(H2,35,38). The van der Waals surface area contributed by atoms with Gasteiger partial charge in [-0.3, -0.25) is 19.2 Å². The number of hydrogen-bond acceptors (Lipinski definition) is 5. The summed E-state index contributed by atoms with van der Waals surface area (Å²) in [7, 11) is 0. The second-order valence-electron chi connectivity index (χ2n) is 10.6. The van der Waals surface area contributed by atoms with Crippen LogP contribution in [0.2, 0.25) is 0 Å². The van der Waals surface area contributed by atoms with Crippen molar-refractivity contribution in [2.75, 3.05) is 4.90 Å². The molecule has 7 rings (SSSR count). The van der Waals surface area contributed by atoms with E-state index in [1.807, 2.05) is 66.7 Å². The minimum Gasteiger partial charge on any atom is -0.369 e. The first kappa shape index (κ1) is 25.1. The number of para-hydroxylation sites is 1. The number of anilines is 1. The predicted molar refractivity (Wildman–Crippen MR) is 156 cm³/mol. The Morgan fingerprint density at radius 2 is 1.32 bits per heavy atom. The lowest BCUT2D eigenvalue weighted by Crippen LogP contribution is -2.37. The quantitative estimate of drug-likeness (QED) is 0.239. The Kier molecular flexibility index (Phi) is 6.11. The number of rotatable bonds is 6. The number of nitrogens with zero attached hydrogens (tertiary/aromatic N) is 2. The van der Waals surface area contributed by atoms with Crippen molar-refractivity contribution in [3.8, 4) is 0 Å². The van der Waals surface area contributed by atoms with E-state index in [0.29, 0.717) is 12.2 Å². The van der Waals surface area contributed by atoms with Crippen LogP contribution in [0, 0.1) is 5.92 Å². The molecule has 2 fully saturated rings. The van der Waals surface area contributed by atoms with Gasteiger partial charge in [-0.1, -0.05) is 91.0 Å². The van der Waals surface area contributed by atoms with E-state index < -0.39 is 24.0 Å².